The molecule has 1 unspecified atom stereocenters. The SMILES string of the molecule is CC1N=Nc2ccccc2N1. The van der Waals surface area contributed by atoms with Crippen LogP contribution in [-0.4, -0.2) is 6.17 Å². The number of nitrogens with one attached hydrogen (secondary N) is 1. The van der Waals surface area contributed by atoms with Crippen molar-refractivity contribution in [3.8, 4) is 0 Å². The second kappa shape index (κ2) is 2.34. The Morgan fingerprint density at radius 2 is 2.18 bits per heavy atom. The third kappa shape index (κ3) is 1.09. The van der Waals surface area contributed by atoms with Gasteiger partial charge in [0.05, 0.1) is 5.69 Å². The third-order valence-corrected chi connectivity index (χ3v) is 1.61. The van der Waals surface area contributed by atoms with E-state index in [1.807, 2.05) is 31.2 Å². The van der Waals surface area contributed by atoms with E-state index in [1.54, 1.807) is 0 Å². The molecule has 1 aliphatic rings. The summed E-state index contributed by atoms with van der Waals surface area (Å²) >= 11 is 0. The van der Waals surface area contributed by atoms with Crippen LogP contribution in [0.4, 0.5) is 11.4 Å². The molecule has 1 N–H and O–H groups in total. The first-order chi connectivity index (χ1) is 5.36. The molecule has 0 saturated carbocycles. The Morgan fingerprint density at radius 1 is 1.36 bits per heavy atom. The molecule has 1 aliphatic heterocycles. The van der Waals surface area contributed by atoms with E-state index < -0.39 is 0 Å². The predicted molar refractivity (Wildman–Crippen MR) is 44.0 cm³/mol. The zero-order valence-corrected chi connectivity index (χ0v) is 6.28. The molecular formula is C8H9N3. The van der Waals surface area contributed by atoms with Crippen LogP contribution >= 0.6 is 0 Å². The summed E-state index contributed by atoms with van der Waals surface area (Å²) in [5, 5.41) is 11.2. The van der Waals surface area contributed by atoms with Gasteiger partial charge in [-0.1, -0.05) is 12.1 Å². The second-order valence-corrected chi connectivity index (χ2v) is 2.55. The Morgan fingerprint density at radius 3 is 3.09 bits per heavy atom. The fourth-order valence-electron chi connectivity index (χ4n) is 1.09. The van der Waals surface area contributed by atoms with E-state index in [-0.39, 0.29) is 6.17 Å². The Bertz CT molecular complexity index is 293. The third-order valence-electron chi connectivity index (χ3n) is 1.61. The molecule has 11 heavy (non-hydrogen) atoms. The Balaban J connectivity index is 2.46. The molecule has 0 aliphatic carbocycles. The molecule has 0 radical (unpaired) electrons. The molecule has 0 spiro atoms. The van der Waals surface area contributed by atoms with Crippen molar-refractivity contribution in [3.63, 3.8) is 0 Å². The normalized spacial score (nSPS) is 20.6. The maximum absolute atomic E-state index is 4.04. The van der Waals surface area contributed by atoms with Crippen LogP contribution in [0.25, 0.3) is 0 Å². The topological polar surface area (TPSA) is 36.8 Å². The minimum atomic E-state index is 0.102. The Hall–Kier alpha value is -1.38. The van der Waals surface area contributed by atoms with Crippen molar-refractivity contribution in [2.45, 2.75) is 13.1 Å². The molecular weight excluding hydrogens is 138 g/mol. The number of hydrogen-bond acceptors (Lipinski definition) is 3. The van der Waals surface area contributed by atoms with Crippen LogP contribution in [0.15, 0.2) is 34.5 Å². The van der Waals surface area contributed by atoms with Gasteiger partial charge in [-0.3, -0.25) is 0 Å². The van der Waals surface area contributed by atoms with E-state index in [4.69, 9.17) is 0 Å². The molecule has 0 saturated heterocycles. The summed E-state index contributed by atoms with van der Waals surface area (Å²) in [5.41, 5.74) is 1.99. The second-order valence-electron chi connectivity index (χ2n) is 2.55. The number of para-hydroxylation sites is 1. The first-order valence-electron chi connectivity index (χ1n) is 3.63. The average molecular weight is 147 g/mol. The largest absolute Gasteiger partial charge is 0.361 e. The van der Waals surface area contributed by atoms with Crippen LogP contribution in [0.3, 0.4) is 0 Å². The van der Waals surface area contributed by atoms with E-state index >= 15 is 0 Å². The molecule has 2 rings (SSSR count). The van der Waals surface area contributed by atoms with Crippen molar-refractivity contribution < 1.29 is 0 Å². The van der Waals surface area contributed by atoms with E-state index in [2.05, 4.69) is 15.5 Å². The lowest BCUT2D eigenvalue weighted by Gasteiger charge is -2.15. The van der Waals surface area contributed by atoms with Crippen LogP contribution in [0, 0.1) is 0 Å². The van der Waals surface area contributed by atoms with Crippen molar-refractivity contribution >= 4 is 11.4 Å². The van der Waals surface area contributed by atoms with Gasteiger partial charge >= 0.3 is 0 Å². The van der Waals surface area contributed by atoms with E-state index in [1.165, 1.54) is 0 Å². The van der Waals surface area contributed by atoms with Crippen molar-refractivity contribution in [2.24, 2.45) is 10.2 Å². The van der Waals surface area contributed by atoms with Crippen molar-refractivity contribution in [1.82, 2.24) is 0 Å². The van der Waals surface area contributed by atoms with Gasteiger partial charge in [0.15, 0.2) is 0 Å². The number of benzene rings is 1. The smallest absolute Gasteiger partial charge is 0.137 e. The quantitative estimate of drug-likeness (QED) is 0.601. The van der Waals surface area contributed by atoms with Crippen LogP contribution in [0.1, 0.15) is 6.92 Å². The molecule has 0 amide bonds. The molecule has 1 atom stereocenters. The van der Waals surface area contributed by atoms with Gasteiger partial charge in [-0.15, -0.1) is 0 Å². The molecule has 56 valence electrons. The van der Waals surface area contributed by atoms with Crippen molar-refractivity contribution in [1.29, 1.82) is 0 Å². The Labute approximate surface area is 65.2 Å². The van der Waals surface area contributed by atoms with Crippen LogP contribution in [0.2, 0.25) is 0 Å². The molecule has 3 nitrogen and oxygen atoms in total. The van der Waals surface area contributed by atoms with Gasteiger partial charge in [0.25, 0.3) is 0 Å². The summed E-state index contributed by atoms with van der Waals surface area (Å²) in [6, 6.07) is 7.89. The lowest BCUT2D eigenvalue weighted by Crippen LogP contribution is -2.13. The highest BCUT2D eigenvalue weighted by Crippen LogP contribution is 2.28. The molecule has 3 heteroatoms. The first kappa shape index (κ1) is 6.34. The van der Waals surface area contributed by atoms with Gasteiger partial charge in [-0.05, 0) is 19.1 Å². The summed E-state index contributed by atoms with van der Waals surface area (Å²) in [4.78, 5) is 0. The highest BCUT2D eigenvalue weighted by molar-refractivity contribution is 5.65. The fourth-order valence-corrected chi connectivity index (χ4v) is 1.09. The molecule has 0 bridgehead atoms. The zero-order chi connectivity index (χ0) is 7.68. The number of rotatable bonds is 0. The Kier molecular flexibility index (Phi) is 1.35. The molecule has 0 aromatic heterocycles. The fraction of sp³-hybridized carbons (Fsp3) is 0.250. The molecule has 1 heterocycles. The minimum absolute atomic E-state index is 0.102. The molecule has 0 fully saturated rings. The summed E-state index contributed by atoms with van der Waals surface area (Å²) < 4.78 is 0. The number of anilines is 1. The number of fused-ring (bicyclic) bond motifs is 1. The molecule has 1 aromatic carbocycles. The summed E-state index contributed by atoms with van der Waals surface area (Å²) in [6.07, 6.45) is 0.102. The first-order valence-corrected chi connectivity index (χ1v) is 3.63. The number of nitrogens with zero attached hydrogens (tertiary/aromatic N) is 2. The number of azo groups is 1. The van der Waals surface area contributed by atoms with Crippen molar-refractivity contribution in [2.75, 3.05) is 5.32 Å². The zero-order valence-electron chi connectivity index (χ0n) is 6.28. The maximum atomic E-state index is 4.04. The predicted octanol–water partition coefficient (Wildman–Crippen LogP) is 2.54. The standard InChI is InChI=1S/C8H9N3/c1-6-9-7-4-2-3-5-8(7)11-10-6/h2-6,9H,1H3. The van der Waals surface area contributed by atoms with Gasteiger partial charge in [-0.25, -0.2) is 0 Å². The van der Waals surface area contributed by atoms with Crippen LogP contribution in [-0.2, 0) is 0 Å². The highest BCUT2D eigenvalue weighted by atomic mass is 15.3. The summed E-state index contributed by atoms with van der Waals surface area (Å²) in [6.45, 7) is 1.97. The highest BCUT2D eigenvalue weighted by Gasteiger charge is 2.08. The lowest BCUT2D eigenvalue weighted by molar-refractivity contribution is 0.776. The maximum Gasteiger partial charge on any atom is 0.137 e. The van der Waals surface area contributed by atoms with Crippen LogP contribution in [0.5, 0.6) is 0 Å². The van der Waals surface area contributed by atoms with Gasteiger partial charge < -0.3 is 5.32 Å². The van der Waals surface area contributed by atoms with Crippen LogP contribution < -0.4 is 5.32 Å². The summed E-state index contributed by atoms with van der Waals surface area (Å²) in [7, 11) is 0. The monoisotopic (exact) mass is 147 g/mol. The number of hydrogen-bond donors (Lipinski definition) is 1. The van der Waals surface area contributed by atoms with Gasteiger partial charge in [-0.2, -0.15) is 10.2 Å². The van der Waals surface area contributed by atoms with E-state index in [0.29, 0.717) is 0 Å². The minimum Gasteiger partial charge on any atom is -0.361 e. The summed E-state index contributed by atoms with van der Waals surface area (Å²) in [5.74, 6) is 0. The van der Waals surface area contributed by atoms with E-state index in [9.17, 15) is 0 Å². The molecule has 1 aromatic rings. The lowest BCUT2D eigenvalue weighted by atomic mass is 10.2. The average Bonchev–Trinajstić information content (AvgIpc) is 2.04. The van der Waals surface area contributed by atoms with Gasteiger partial charge in [0.2, 0.25) is 0 Å². The van der Waals surface area contributed by atoms with E-state index in [0.717, 1.165) is 11.4 Å². The van der Waals surface area contributed by atoms with Gasteiger partial charge in [0, 0.05) is 0 Å². The van der Waals surface area contributed by atoms with Crippen molar-refractivity contribution in [3.05, 3.63) is 24.3 Å². The van der Waals surface area contributed by atoms with Gasteiger partial charge in [0.1, 0.15) is 11.9 Å².